The van der Waals surface area contributed by atoms with E-state index in [2.05, 4.69) is 0 Å². The first-order valence-electron chi connectivity index (χ1n) is 8.50. The molecule has 0 fully saturated rings. The predicted octanol–water partition coefficient (Wildman–Crippen LogP) is 4.93. The van der Waals surface area contributed by atoms with Gasteiger partial charge < -0.3 is 14.2 Å². The average Bonchev–Trinajstić information content (AvgIpc) is 2.71. The summed E-state index contributed by atoms with van der Waals surface area (Å²) in [5.41, 5.74) is 0.398. The van der Waals surface area contributed by atoms with Crippen LogP contribution in [0.15, 0.2) is 72.8 Å². The fraction of sp³-hybridized carbons (Fsp3) is 0.143. The van der Waals surface area contributed by atoms with Gasteiger partial charge >= 0.3 is 0 Å². The van der Waals surface area contributed by atoms with Crippen molar-refractivity contribution in [2.24, 2.45) is 0 Å². The highest BCUT2D eigenvalue weighted by Gasteiger charge is 2.38. The molecule has 0 aliphatic rings. The molecule has 0 aromatic heterocycles. The van der Waals surface area contributed by atoms with Gasteiger partial charge in [0.1, 0.15) is 23.1 Å². The van der Waals surface area contributed by atoms with Crippen molar-refractivity contribution in [3.63, 3.8) is 0 Å². The SMILES string of the molecule is OCCOPOC(c1ccc(F)cc1)(c1ccc(F)cc1)c1ccc(F)cc1. The van der Waals surface area contributed by atoms with Gasteiger partial charge in [-0.2, -0.15) is 0 Å². The Balaban J connectivity index is 2.18. The molecular weight excluding hydrogens is 388 g/mol. The van der Waals surface area contributed by atoms with E-state index in [0.29, 0.717) is 16.7 Å². The molecule has 0 spiro atoms. The van der Waals surface area contributed by atoms with Crippen LogP contribution >= 0.6 is 9.03 Å². The van der Waals surface area contributed by atoms with E-state index >= 15 is 0 Å². The van der Waals surface area contributed by atoms with E-state index in [1.54, 1.807) is 36.4 Å². The van der Waals surface area contributed by atoms with Gasteiger partial charge in [0.25, 0.3) is 0 Å². The second kappa shape index (κ2) is 9.30. The average molecular weight is 406 g/mol. The molecule has 0 radical (unpaired) electrons. The quantitative estimate of drug-likeness (QED) is 0.328. The molecule has 7 heteroatoms. The standard InChI is InChI=1S/C21H18F3O3P/c22-18-7-1-15(2-8-18)21(27-28-26-14-13-25,16-3-9-19(23)10-4-16)17-5-11-20(24)12-6-17/h1-12,25,28H,13-14H2. The molecule has 28 heavy (non-hydrogen) atoms. The summed E-state index contributed by atoms with van der Waals surface area (Å²) in [6.07, 6.45) is 0. The van der Waals surface area contributed by atoms with Gasteiger partial charge in [0, 0.05) is 0 Å². The first-order valence-corrected chi connectivity index (χ1v) is 9.31. The lowest BCUT2D eigenvalue weighted by molar-refractivity contribution is 0.137. The predicted molar refractivity (Wildman–Crippen MR) is 102 cm³/mol. The van der Waals surface area contributed by atoms with Crippen LogP contribution in [0.4, 0.5) is 13.2 Å². The first-order chi connectivity index (χ1) is 13.6. The fourth-order valence-electron chi connectivity index (χ4n) is 2.91. The lowest BCUT2D eigenvalue weighted by atomic mass is 9.80. The van der Waals surface area contributed by atoms with Crippen molar-refractivity contribution in [3.8, 4) is 0 Å². The number of hydrogen-bond donors (Lipinski definition) is 1. The highest BCUT2D eigenvalue weighted by atomic mass is 31.1. The summed E-state index contributed by atoms with van der Waals surface area (Å²) in [4.78, 5) is 0. The van der Waals surface area contributed by atoms with Crippen molar-refractivity contribution in [1.82, 2.24) is 0 Å². The van der Waals surface area contributed by atoms with Crippen LogP contribution in [0.3, 0.4) is 0 Å². The van der Waals surface area contributed by atoms with E-state index in [4.69, 9.17) is 14.2 Å². The largest absolute Gasteiger partial charge is 0.394 e. The van der Waals surface area contributed by atoms with Crippen molar-refractivity contribution in [1.29, 1.82) is 0 Å². The molecule has 0 saturated heterocycles. The molecule has 0 aliphatic carbocycles. The van der Waals surface area contributed by atoms with Gasteiger partial charge in [0.05, 0.1) is 13.2 Å². The molecule has 1 unspecified atom stereocenters. The Morgan fingerprint density at radius 3 is 1.36 bits per heavy atom. The van der Waals surface area contributed by atoms with E-state index in [0.717, 1.165) is 0 Å². The molecule has 0 aliphatic heterocycles. The Hall–Kier alpha value is -2.24. The zero-order valence-electron chi connectivity index (χ0n) is 14.7. The number of aliphatic hydroxyl groups excluding tert-OH is 1. The summed E-state index contributed by atoms with van der Waals surface area (Å²) in [6, 6.07) is 17.1. The van der Waals surface area contributed by atoms with E-state index in [1.165, 1.54) is 36.4 Å². The highest BCUT2D eigenvalue weighted by molar-refractivity contribution is 7.26. The van der Waals surface area contributed by atoms with Gasteiger partial charge in [-0.15, -0.1) is 0 Å². The van der Waals surface area contributed by atoms with Crippen molar-refractivity contribution in [2.45, 2.75) is 5.60 Å². The summed E-state index contributed by atoms with van der Waals surface area (Å²) >= 11 is 0. The van der Waals surface area contributed by atoms with Gasteiger partial charge in [0.15, 0.2) is 9.03 Å². The molecule has 0 heterocycles. The fourth-order valence-corrected chi connectivity index (χ4v) is 3.62. The Morgan fingerprint density at radius 1 is 0.679 bits per heavy atom. The lowest BCUT2D eigenvalue weighted by Crippen LogP contribution is -2.30. The van der Waals surface area contributed by atoms with Crippen molar-refractivity contribution in [3.05, 3.63) is 107 Å². The zero-order chi connectivity index (χ0) is 20.0. The molecule has 0 saturated carbocycles. The third-order valence-corrected chi connectivity index (χ3v) is 4.91. The van der Waals surface area contributed by atoms with E-state index in [1.807, 2.05) is 0 Å². The molecule has 3 nitrogen and oxygen atoms in total. The highest BCUT2D eigenvalue weighted by Crippen LogP contribution is 2.45. The van der Waals surface area contributed by atoms with Gasteiger partial charge in [-0.05, 0) is 53.1 Å². The minimum absolute atomic E-state index is 0.0742. The maximum Gasteiger partial charge on any atom is 0.156 e. The van der Waals surface area contributed by atoms with Gasteiger partial charge in [-0.1, -0.05) is 36.4 Å². The maximum absolute atomic E-state index is 13.5. The van der Waals surface area contributed by atoms with Crippen LogP contribution < -0.4 is 0 Å². The summed E-state index contributed by atoms with van der Waals surface area (Å²) in [5, 5.41) is 8.94. The van der Waals surface area contributed by atoms with Gasteiger partial charge in [-0.25, -0.2) is 13.2 Å². The monoisotopic (exact) mass is 406 g/mol. The zero-order valence-corrected chi connectivity index (χ0v) is 15.7. The topological polar surface area (TPSA) is 38.7 Å². The Morgan fingerprint density at radius 2 is 1.04 bits per heavy atom. The van der Waals surface area contributed by atoms with E-state index in [-0.39, 0.29) is 13.2 Å². The number of hydrogen-bond acceptors (Lipinski definition) is 3. The maximum atomic E-state index is 13.5. The van der Waals surface area contributed by atoms with E-state index < -0.39 is 32.1 Å². The van der Waals surface area contributed by atoms with Crippen molar-refractivity contribution < 1.29 is 27.3 Å². The normalized spacial score (nSPS) is 12.0. The Bertz CT molecular complexity index is 773. The molecule has 0 bridgehead atoms. The molecule has 3 rings (SSSR count). The summed E-state index contributed by atoms with van der Waals surface area (Å²) in [7, 11) is -0.482. The van der Waals surface area contributed by atoms with Crippen molar-refractivity contribution >= 4 is 9.03 Å². The van der Waals surface area contributed by atoms with E-state index in [9.17, 15) is 13.2 Å². The van der Waals surface area contributed by atoms with Crippen LogP contribution in [0.1, 0.15) is 16.7 Å². The molecule has 0 amide bonds. The van der Waals surface area contributed by atoms with Crippen LogP contribution in [-0.2, 0) is 14.6 Å². The third-order valence-electron chi connectivity index (χ3n) is 4.20. The minimum atomic E-state index is -1.29. The lowest BCUT2D eigenvalue weighted by Gasteiger charge is -2.35. The Labute approximate surface area is 162 Å². The minimum Gasteiger partial charge on any atom is -0.394 e. The molecule has 3 aromatic carbocycles. The summed E-state index contributed by atoms with van der Waals surface area (Å²) in [6.45, 7) is -0.0994. The number of rotatable bonds is 8. The number of aliphatic hydroxyl groups is 1. The Kier molecular flexibility index (Phi) is 6.81. The molecule has 1 N–H and O–H groups in total. The van der Waals surface area contributed by atoms with Crippen LogP contribution in [0.25, 0.3) is 0 Å². The van der Waals surface area contributed by atoms with Crippen molar-refractivity contribution in [2.75, 3.05) is 13.2 Å². The number of halogens is 3. The van der Waals surface area contributed by atoms with Crippen LogP contribution in [-0.4, -0.2) is 18.3 Å². The van der Waals surface area contributed by atoms with Crippen LogP contribution in [0.5, 0.6) is 0 Å². The molecule has 1 atom stereocenters. The third kappa shape index (κ3) is 4.42. The van der Waals surface area contributed by atoms with Gasteiger partial charge in [0.2, 0.25) is 0 Å². The smallest absolute Gasteiger partial charge is 0.156 e. The second-order valence-electron chi connectivity index (χ2n) is 5.96. The summed E-state index contributed by atoms with van der Waals surface area (Å²) < 4.78 is 52.1. The second-order valence-corrected chi connectivity index (χ2v) is 6.62. The number of benzene rings is 3. The first kappa shape index (κ1) is 20.5. The molecular formula is C21H18F3O3P. The summed E-state index contributed by atoms with van der Waals surface area (Å²) in [5.74, 6) is -1.26. The van der Waals surface area contributed by atoms with Crippen LogP contribution in [0.2, 0.25) is 0 Å². The van der Waals surface area contributed by atoms with Crippen LogP contribution in [0, 0.1) is 17.5 Å². The molecule has 3 aromatic rings. The van der Waals surface area contributed by atoms with Gasteiger partial charge in [-0.3, -0.25) is 0 Å². The molecule has 146 valence electrons.